The molecule has 0 spiro atoms. The lowest BCUT2D eigenvalue weighted by atomic mass is 10.0. The summed E-state index contributed by atoms with van der Waals surface area (Å²) in [7, 11) is -4.39. The van der Waals surface area contributed by atoms with Crippen molar-refractivity contribution in [2.24, 2.45) is 5.73 Å². The van der Waals surface area contributed by atoms with E-state index in [0.717, 1.165) is 38.5 Å². The molecule has 0 bridgehead atoms. The maximum absolute atomic E-state index is 12.7. The molecule has 0 aromatic rings. The SMILES string of the molecule is CCCCCCCCCCCCCCCCCCC/C=C/C(O)C(COP(=O)(O)OCCN)NC(=O)CC(O)CCCCCCCCC. The fraction of sp³-hybridized carbons (Fsp3) is 0.921. The number of unbranched alkanes of at least 4 members (excludes halogenated alkanes) is 23. The summed E-state index contributed by atoms with van der Waals surface area (Å²) in [5.74, 6) is -0.449. The van der Waals surface area contributed by atoms with Gasteiger partial charge in [-0.3, -0.25) is 13.8 Å². The highest BCUT2D eigenvalue weighted by atomic mass is 31.2. The molecule has 48 heavy (non-hydrogen) atoms. The monoisotopic (exact) mass is 705 g/mol. The van der Waals surface area contributed by atoms with E-state index in [4.69, 9.17) is 14.8 Å². The number of hydrogen-bond donors (Lipinski definition) is 5. The van der Waals surface area contributed by atoms with Gasteiger partial charge in [0.25, 0.3) is 0 Å². The lowest BCUT2D eigenvalue weighted by molar-refractivity contribution is -0.124. The second kappa shape index (κ2) is 34.6. The Kier molecular flexibility index (Phi) is 34.1. The molecule has 0 aromatic heterocycles. The minimum Gasteiger partial charge on any atom is -0.393 e. The van der Waals surface area contributed by atoms with E-state index in [1.54, 1.807) is 6.08 Å². The molecule has 0 saturated carbocycles. The van der Waals surface area contributed by atoms with Crippen molar-refractivity contribution in [2.75, 3.05) is 19.8 Å². The van der Waals surface area contributed by atoms with Gasteiger partial charge in [0.15, 0.2) is 0 Å². The topological polar surface area (TPSA) is 151 Å². The molecule has 0 aliphatic heterocycles. The number of allylic oxidation sites excluding steroid dienone is 1. The summed E-state index contributed by atoms with van der Waals surface area (Å²) in [5.41, 5.74) is 5.34. The number of phosphoric acid groups is 1. The Balaban J connectivity index is 4.29. The Morgan fingerprint density at radius 3 is 1.60 bits per heavy atom. The van der Waals surface area contributed by atoms with Crippen LogP contribution in [0.15, 0.2) is 12.2 Å². The first kappa shape index (κ1) is 47.2. The minimum atomic E-state index is -4.39. The summed E-state index contributed by atoms with van der Waals surface area (Å²) < 4.78 is 22.0. The van der Waals surface area contributed by atoms with Crippen molar-refractivity contribution in [3.05, 3.63) is 12.2 Å². The Hall–Kier alpha value is -0.800. The van der Waals surface area contributed by atoms with Gasteiger partial charge < -0.3 is 26.2 Å². The third kappa shape index (κ3) is 32.4. The Labute approximate surface area is 295 Å². The minimum absolute atomic E-state index is 0.0511. The number of nitrogens with two attached hydrogens (primary N) is 1. The van der Waals surface area contributed by atoms with Gasteiger partial charge in [-0.2, -0.15) is 0 Å². The van der Waals surface area contributed by atoms with Crippen molar-refractivity contribution in [3.63, 3.8) is 0 Å². The Morgan fingerprint density at radius 1 is 0.708 bits per heavy atom. The smallest absolute Gasteiger partial charge is 0.393 e. The van der Waals surface area contributed by atoms with E-state index in [0.29, 0.717) is 6.42 Å². The maximum atomic E-state index is 12.7. The van der Waals surface area contributed by atoms with Crippen LogP contribution in [0.1, 0.15) is 187 Å². The fourth-order valence-corrected chi connectivity index (χ4v) is 6.64. The average Bonchev–Trinajstić information content (AvgIpc) is 3.06. The number of aliphatic hydroxyl groups excluding tert-OH is 2. The molecule has 10 heteroatoms. The number of aliphatic hydroxyl groups is 2. The van der Waals surface area contributed by atoms with E-state index in [2.05, 4.69) is 19.2 Å². The molecule has 0 aliphatic carbocycles. The van der Waals surface area contributed by atoms with Crippen LogP contribution in [0.25, 0.3) is 0 Å². The average molecular weight is 705 g/mol. The fourth-order valence-electron chi connectivity index (χ4n) is 5.88. The van der Waals surface area contributed by atoms with Gasteiger partial charge in [0.05, 0.1) is 37.9 Å². The zero-order valence-electron chi connectivity index (χ0n) is 31.1. The Morgan fingerprint density at radius 2 is 1.15 bits per heavy atom. The van der Waals surface area contributed by atoms with Gasteiger partial charge in [0.1, 0.15) is 0 Å². The number of carbonyl (C=O) groups excluding carboxylic acids is 1. The predicted molar refractivity (Wildman–Crippen MR) is 200 cm³/mol. The van der Waals surface area contributed by atoms with Gasteiger partial charge in [0.2, 0.25) is 5.91 Å². The molecule has 4 unspecified atom stereocenters. The van der Waals surface area contributed by atoms with Gasteiger partial charge in [-0.1, -0.05) is 174 Å². The van der Waals surface area contributed by atoms with Gasteiger partial charge in [-0.05, 0) is 19.3 Å². The van der Waals surface area contributed by atoms with E-state index >= 15 is 0 Å². The molecular formula is C38H77N2O7P. The van der Waals surface area contributed by atoms with E-state index < -0.39 is 38.6 Å². The molecule has 6 N–H and O–H groups in total. The summed E-state index contributed by atoms with van der Waals surface area (Å²) in [6, 6.07) is -0.975. The third-order valence-corrected chi connectivity index (χ3v) is 9.90. The molecule has 0 aromatic carbocycles. The first-order chi connectivity index (χ1) is 23.3. The first-order valence-corrected chi connectivity index (χ1v) is 21.4. The predicted octanol–water partition coefficient (Wildman–Crippen LogP) is 9.41. The third-order valence-electron chi connectivity index (χ3n) is 8.92. The summed E-state index contributed by atoms with van der Waals surface area (Å²) in [6.45, 7) is 3.93. The molecule has 286 valence electrons. The van der Waals surface area contributed by atoms with Crippen molar-refractivity contribution >= 4 is 13.7 Å². The van der Waals surface area contributed by atoms with E-state index in [1.807, 2.05) is 6.08 Å². The van der Waals surface area contributed by atoms with Crippen molar-refractivity contribution in [3.8, 4) is 0 Å². The van der Waals surface area contributed by atoms with Crippen molar-refractivity contribution in [1.82, 2.24) is 5.32 Å². The zero-order valence-corrected chi connectivity index (χ0v) is 32.0. The number of phosphoric ester groups is 1. The van der Waals surface area contributed by atoms with Crippen molar-refractivity contribution in [2.45, 2.75) is 205 Å². The van der Waals surface area contributed by atoms with Crippen LogP contribution in [0.3, 0.4) is 0 Å². The normalized spacial score (nSPS) is 15.0. The second-order valence-corrected chi connectivity index (χ2v) is 15.1. The van der Waals surface area contributed by atoms with Crippen LogP contribution in [0.4, 0.5) is 0 Å². The Bertz CT molecular complexity index is 786. The summed E-state index contributed by atoms with van der Waals surface area (Å²) >= 11 is 0. The quantitative estimate of drug-likeness (QED) is 0.0244. The van der Waals surface area contributed by atoms with Gasteiger partial charge >= 0.3 is 7.82 Å². The van der Waals surface area contributed by atoms with E-state index in [1.165, 1.54) is 122 Å². The molecule has 0 aliphatic rings. The molecule has 4 atom stereocenters. The van der Waals surface area contributed by atoms with E-state index in [-0.39, 0.29) is 19.6 Å². The second-order valence-electron chi connectivity index (χ2n) is 13.7. The highest BCUT2D eigenvalue weighted by molar-refractivity contribution is 7.47. The standard InChI is InChI=1S/C38H77N2O7P/c1-3-5-7-9-11-12-13-14-15-16-17-18-19-20-21-22-24-26-28-30-37(42)36(34-47-48(44,45)46-32-31-39)40-38(43)33-35(41)29-27-25-23-10-8-6-4-2/h28,30,35-37,41-42H,3-27,29,31-34,39H2,1-2H3,(H,40,43)(H,44,45)/b30-28+. The number of nitrogens with one attached hydrogen (secondary N) is 1. The molecular weight excluding hydrogens is 627 g/mol. The summed E-state index contributed by atoms with van der Waals surface area (Å²) in [4.78, 5) is 22.6. The zero-order chi connectivity index (χ0) is 35.6. The highest BCUT2D eigenvalue weighted by Crippen LogP contribution is 2.43. The van der Waals surface area contributed by atoms with Crippen LogP contribution in [0.5, 0.6) is 0 Å². The first-order valence-electron chi connectivity index (χ1n) is 19.9. The van der Waals surface area contributed by atoms with Crippen LogP contribution in [0.2, 0.25) is 0 Å². The van der Waals surface area contributed by atoms with E-state index in [9.17, 15) is 24.5 Å². The van der Waals surface area contributed by atoms with Crippen molar-refractivity contribution < 1.29 is 33.5 Å². The van der Waals surface area contributed by atoms with Crippen LogP contribution < -0.4 is 11.1 Å². The number of carbonyl (C=O) groups is 1. The molecule has 9 nitrogen and oxygen atoms in total. The summed E-state index contributed by atoms with van der Waals surface area (Å²) in [6.07, 6.45) is 33.1. The van der Waals surface area contributed by atoms with Gasteiger partial charge in [0, 0.05) is 6.54 Å². The lowest BCUT2D eigenvalue weighted by Crippen LogP contribution is -2.46. The molecule has 0 radical (unpaired) electrons. The van der Waals surface area contributed by atoms with Crippen LogP contribution in [0, 0.1) is 0 Å². The molecule has 1 amide bonds. The highest BCUT2D eigenvalue weighted by Gasteiger charge is 2.27. The molecule has 0 heterocycles. The number of rotatable bonds is 37. The van der Waals surface area contributed by atoms with Crippen molar-refractivity contribution in [1.29, 1.82) is 0 Å². The van der Waals surface area contributed by atoms with Crippen LogP contribution in [-0.4, -0.2) is 59.0 Å². The molecule has 0 fully saturated rings. The molecule has 0 rings (SSSR count). The van der Waals surface area contributed by atoms with Gasteiger partial charge in [-0.15, -0.1) is 0 Å². The lowest BCUT2D eigenvalue weighted by Gasteiger charge is -2.24. The van der Waals surface area contributed by atoms with Gasteiger partial charge in [-0.25, -0.2) is 4.57 Å². The maximum Gasteiger partial charge on any atom is 0.472 e. The number of amides is 1. The van der Waals surface area contributed by atoms with Crippen LogP contribution >= 0.6 is 7.82 Å². The largest absolute Gasteiger partial charge is 0.472 e. The molecule has 0 saturated heterocycles. The number of hydrogen-bond acceptors (Lipinski definition) is 7. The van der Waals surface area contributed by atoms with Crippen LogP contribution in [-0.2, 0) is 18.4 Å². The summed E-state index contributed by atoms with van der Waals surface area (Å²) in [5, 5.41) is 23.8.